The summed E-state index contributed by atoms with van der Waals surface area (Å²) in [6.45, 7) is 1.26. The Morgan fingerprint density at radius 3 is 2.63 bits per heavy atom. The lowest BCUT2D eigenvalue weighted by Crippen LogP contribution is -2.46. The molecule has 19 heavy (non-hydrogen) atoms. The van der Waals surface area contributed by atoms with Gasteiger partial charge in [0, 0.05) is 26.7 Å². The minimum Gasteiger partial charge on any atom is -0.383 e. The minimum absolute atomic E-state index is 0. The molecule has 6 nitrogen and oxygen atoms in total. The number of rotatable bonds is 6. The molecule has 0 spiro atoms. The first-order valence-electron chi connectivity index (χ1n) is 6.14. The number of aliphatic imine (C=N–C) groups is 1. The van der Waals surface area contributed by atoms with Crippen molar-refractivity contribution < 1.29 is 9.53 Å². The fraction of sp³-hybridized carbons (Fsp3) is 0.667. The Labute approximate surface area is 131 Å². The Morgan fingerprint density at radius 2 is 2.05 bits per heavy atom. The zero-order chi connectivity index (χ0) is 13.2. The lowest BCUT2D eigenvalue weighted by atomic mass is 10.2. The quantitative estimate of drug-likeness (QED) is 0.203. The maximum atomic E-state index is 11.5. The summed E-state index contributed by atoms with van der Waals surface area (Å²) in [4.78, 5) is 15.5. The Balaban J connectivity index is 0.00000324. The Hall–Kier alpha value is -0.830. The van der Waals surface area contributed by atoms with Gasteiger partial charge in [-0.05, 0) is 12.8 Å². The van der Waals surface area contributed by atoms with Gasteiger partial charge in [-0.2, -0.15) is 0 Å². The Morgan fingerprint density at radius 1 is 1.37 bits per heavy atom. The highest BCUT2D eigenvalue weighted by molar-refractivity contribution is 14.0. The predicted molar refractivity (Wildman–Crippen MR) is 87.0 cm³/mol. The second kappa shape index (κ2) is 11.0. The third-order valence-corrected chi connectivity index (χ3v) is 2.62. The molecule has 0 unspecified atom stereocenters. The molecule has 0 heterocycles. The molecule has 0 aromatic rings. The topological polar surface area (TPSA) is 74.8 Å². The molecular weight excluding hydrogens is 359 g/mol. The summed E-state index contributed by atoms with van der Waals surface area (Å²) in [5.41, 5.74) is 0. The smallest absolute Gasteiger partial charge is 0.239 e. The standard InChI is InChI=1S/C12H22N4O2.HI/c1-13-12(16-10-5-3-4-6-10)15-9-11(17)14-7-8-18-2;/h3-4,10H,5-9H2,1-2H3,(H,14,17)(H2,13,15,16);1H. The summed E-state index contributed by atoms with van der Waals surface area (Å²) in [6, 6.07) is 0.382. The molecule has 1 rings (SSSR count). The summed E-state index contributed by atoms with van der Waals surface area (Å²) < 4.78 is 4.85. The largest absolute Gasteiger partial charge is 0.383 e. The highest BCUT2D eigenvalue weighted by atomic mass is 127. The lowest BCUT2D eigenvalue weighted by molar-refractivity contribution is -0.120. The van der Waals surface area contributed by atoms with Crippen LogP contribution in [0.1, 0.15) is 12.8 Å². The van der Waals surface area contributed by atoms with Gasteiger partial charge in [-0.25, -0.2) is 0 Å². The first-order valence-corrected chi connectivity index (χ1v) is 6.14. The van der Waals surface area contributed by atoms with Crippen LogP contribution in [0.25, 0.3) is 0 Å². The van der Waals surface area contributed by atoms with Crippen molar-refractivity contribution in [2.45, 2.75) is 18.9 Å². The lowest BCUT2D eigenvalue weighted by Gasteiger charge is -2.16. The van der Waals surface area contributed by atoms with Gasteiger partial charge >= 0.3 is 0 Å². The Kier molecular flexibility index (Phi) is 10.6. The number of amides is 1. The molecule has 1 aliphatic rings. The van der Waals surface area contributed by atoms with Crippen LogP contribution in [0.4, 0.5) is 0 Å². The van der Waals surface area contributed by atoms with Crippen LogP contribution in [0.15, 0.2) is 17.1 Å². The maximum absolute atomic E-state index is 11.5. The van der Waals surface area contributed by atoms with Crippen LogP contribution >= 0.6 is 24.0 Å². The number of nitrogens with zero attached hydrogens (tertiary/aromatic N) is 1. The number of hydrogen-bond acceptors (Lipinski definition) is 3. The van der Waals surface area contributed by atoms with Crippen molar-refractivity contribution in [3.63, 3.8) is 0 Å². The van der Waals surface area contributed by atoms with Gasteiger partial charge in [0.05, 0.1) is 13.2 Å². The maximum Gasteiger partial charge on any atom is 0.239 e. The summed E-state index contributed by atoms with van der Waals surface area (Å²) in [6.07, 6.45) is 6.28. The third-order valence-electron chi connectivity index (χ3n) is 2.62. The molecule has 0 saturated carbocycles. The first-order chi connectivity index (χ1) is 8.76. The van der Waals surface area contributed by atoms with Crippen molar-refractivity contribution in [1.29, 1.82) is 0 Å². The van der Waals surface area contributed by atoms with Crippen LogP contribution in [0.5, 0.6) is 0 Å². The molecule has 0 aromatic carbocycles. The number of hydrogen-bond donors (Lipinski definition) is 3. The van der Waals surface area contributed by atoms with E-state index in [0.29, 0.717) is 25.2 Å². The van der Waals surface area contributed by atoms with E-state index in [1.165, 1.54) is 0 Å². The molecular formula is C12H23IN4O2. The first kappa shape index (κ1) is 18.2. The zero-order valence-electron chi connectivity index (χ0n) is 11.4. The molecule has 0 radical (unpaired) electrons. The van der Waals surface area contributed by atoms with Gasteiger partial charge in [0.2, 0.25) is 5.91 Å². The van der Waals surface area contributed by atoms with Gasteiger partial charge in [-0.3, -0.25) is 9.79 Å². The molecule has 7 heteroatoms. The fourth-order valence-corrected chi connectivity index (χ4v) is 1.64. The van der Waals surface area contributed by atoms with Crippen molar-refractivity contribution in [2.75, 3.05) is 33.9 Å². The average molecular weight is 382 g/mol. The fourth-order valence-electron chi connectivity index (χ4n) is 1.64. The van der Waals surface area contributed by atoms with E-state index >= 15 is 0 Å². The van der Waals surface area contributed by atoms with Crippen LogP contribution in [0.2, 0.25) is 0 Å². The molecule has 0 aromatic heterocycles. The molecule has 3 N–H and O–H groups in total. The van der Waals surface area contributed by atoms with E-state index < -0.39 is 0 Å². The monoisotopic (exact) mass is 382 g/mol. The zero-order valence-corrected chi connectivity index (χ0v) is 13.8. The summed E-state index contributed by atoms with van der Waals surface area (Å²) in [5.74, 6) is 0.588. The SMILES string of the molecule is CN=C(NCC(=O)NCCOC)NC1CC=CC1.I. The highest BCUT2D eigenvalue weighted by Gasteiger charge is 2.11. The van der Waals surface area contributed by atoms with E-state index in [9.17, 15) is 4.79 Å². The van der Waals surface area contributed by atoms with E-state index in [1.54, 1.807) is 14.2 Å². The van der Waals surface area contributed by atoms with Crippen LogP contribution in [0, 0.1) is 0 Å². The Bertz CT molecular complexity index is 313. The molecule has 1 aliphatic carbocycles. The third kappa shape index (κ3) is 8.04. The number of halogens is 1. The van der Waals surface area contributed by atoms with Gasteiger partial charge in [0.25, 0.3) is 0 Å². The number of carbonyl (C=O) groups is 1. The van der Waals surface area contributed by atoms with Gasteiger partial charge in [0.1, 0.15) is 0 Å². The van der Waals surface area contributed by atoms with Gasteiger partial charge < -0.3 is 20.7 Å². The minimum atomic E-state index is -0.0699. The van der Waals surface area contributed by atoms with Crippen molar-refractivity contribution in [1.82, 2.24) is 16.0 Å². The van der Waals surface area contributed by atoms with Crippen LogP contribution in [-0.4, -0.2) is 51.8 Å². The van der Waals surface area contributed by atoms with Gasteiger partial charge in [-0.15, -0.1) is 24.0 Å². The van der Waals surface area contributed by atoms with E-state index in [4.69, 9.17) is 4.74 Å². The second-order valence-corrected chi connectivity index (χ2v) is 4.05. The van der Waals surface area contributed by atoms with Crippen molar-refractivity contribution in [2.24, 2.45) is 4.99 Å². The van der Waals surface area contributed by atoms with Crippen LogP contribution in [0.3, 0.4) is 0 Å². The predicted octanol–water partition coefficient (Wildman–Crippen LogP) is 0.251. The molecule has 1 amide bonds. The molecule has 0 aliphatic heterocycles. The van der Waals surface area contributed by atoms with Crippen molar-refractivity contribution in [3.05, 3.63) is 12.2 Å². The van der Waals surface area contributed by atoms with Crippen LogP contribution < -0.4 is 16.0 Å². The molecule has 0 atom stereocenters. The molecule has 0 saturated heterocycles. The van der Waals surface area contributed by atoms with E-state index in [-0.39, 0.29) is 36.4 Å². The number of carbonyl (C=O) groups excluding carboxylic acids is 1. The number of ether oxygens (including phenoxy) is 1. The average Bonchev–Trinajstić information content (AvgIpc) is 2.87. The van der Waals surface area contributed by atoms with Crippen LogP contribution in [-0.2, 0) is 9.53 Å². The molecule has 0 bridgehead atoms. The summed E-state index contributed by atoms with van der Waals surface area (Å²) in [5, 5.41) is 8.98. The summed E-state index contributed by atoms with van der Waals surface area (Å²) in [7, 11) is 3.30. The molecule has 0 fully saturated rings. The van der Waals surface area contributed by atoms with Gasteiger partial charge in [0.15, 0.2) is 5.96 Å². The molecule has 110 valence electrons. The summed E-state index contributed by atoms with van der Waals surface area (Å²) >= 11 is 0. The van der Waals surface area contributed by atoms with Crippen molar-refractivity contribution in [3.8, 4) is 0 Å². The van der Waals surface area contributed by atoms with Gasteiger partial charge in [-0.1, -0.05) is 12.2 Å². The van der Waals surface area contributed by atoms with E-state index in [2.05, 4.69) is 33.1 Å². The highest BCUT2D eigenvalue weighted by Crippen LogP contribution is 2.08. The van der Waals surface area contributed by atoms with E-state index in [1.807, 2.05) is 0 Å². The van der Waals surface area contributed by atoms with E-state index in [0.717, 1.165) is 12.8 Å². The number of methoxy groups -OCH3 is 1. The number of nitrogens with one attached hydrogen (secondary N) is 3. The number of guanidine groups is 1. The second-order valence-electron chi connectivity index (χ2n) is 4.05. The normalized spacial score (nSPS) is 14.9. The van der Waals surface area contributed by atoms with Crippen molar-refractivity contribution >= 4 is 35.8 Å².